The molecule has 0 aliphatic carbocycles. The molecule has 0 fully saturated rings. The van der Waals surface area contributed by atoms with Crippen molar-refractivity contribution in [2.75, 3.05) is 0 Å². The van der Waals surface area contributed by atoms with Crippen LogP contribution in [0.4, 0.5) is 0 Å². The molecule has 4 aromatic rings. The fraction of sp³-hybridized carbons (Fsp3) is 0.0476. The molecule has 0 saturated heterocycles. The first-order valence-electron chi connectivity index (χ1n) is 7.87. The standard InChI is InChI=1S/C21H16N2O/c1-3-7-16(8-4-1)14-24-18-11-12-19-20(13-18)22-15-23-21(19)17-9-5-2-6-10-17/h1-13,15H,14H2. The van der Waals surface area contributed by atoms with Gasteiger partial charge in [-0.2, -0.15) is 0 Å². The van der Waals surface area contributed by atoms with Gasteiger partial charge in [-0.25, -0.2) is 9.97 Å². The fourth-order valence-corrected chi connectivity index (χ4v) is 2.69. The molecule has 4 rings (SSSR count). The van der Waals surface area contributed by atoms with Crippen LogP contribution in [0, 0.1) is 0 Å². The summed E-state index contributed by atoms with van der Waals surface area (Å²) in [7, 11) is 0. The van der Waals surface area contributed by atoms with Crippen molar-refractivity contribution in [3.63, 3.8) is 0 Å². The Morgan fingerprint density at radius 3 is 2.29 bits per heavy atom. The molecule has 0 aliphatic heterocycles. The first-order valence-corrected chi connectivity index (χ1v) is 7.87. The summed E-state index contributed by atoms with van der Waals surface area (Å²) < 4.78 is 5.89. The van der Waals surface area contributed by atoms with Crippen molar-refractivity contribution in [3.8, 4) is 17.0 Å². The van der Waals surface area contributed by atoms with Gasteiger partial charge in [-0.3, -0.25) is 0 Å². The largest absolute Gasteiger partial charge is 0.489 e. The molecular weight excluding hydrogens is 296 g/mol. The maximum atomic E-state index is 5.89. The highest BCUT2D eigenvalue weighted by atomic mass is 16.5. The zero-order valence-electron chi connectivity index (χ0n) is 13.1. The highest BCUT2D eigenvalue weighted by Crippen LogP contribution is 2.27. The van der Waals surface area contributed by atoms with E-state index in [4.69, 9.17) is 4.74 Å². The van der Waals surface area contributed by atoms with Crippen molar-refractivity contribution >= 4 is 10.9 Å². The first-order chi connectivity index (χ1) is 11.9. The van der Waals surface area contributed by atoms with Crippen LogP contribution in [0.25, 0.3) is 22.2 Å². The summed E-state index contributed by atoms with van der Waals surface area (Å²) in [6, 6.07) is 26.2. The van der Waals surface area contributed by atoms with Gasteiger partial charge in [0.1, 0.15) is 18.7 Å². The summed E-state index contributed by atoms with van der Waals surface area (Å²) in [4.78, 5) is 8.84. The Labute approximate surface area is 140 Å². The minimum atomic E-state index is 0.545. The molecule has 1 heterocycles. The highest BCUT2D eigenvalue weighted by molar-refractivity contribution is 5.92. The lowest BCUT2D eigenvalue weighted by atomic mass is 10.1. The Hall–Kier alpha value is -3.20. The zero-order valence-corrected chi connectivity index (χ0v) is 13.1. The van der Waals surface area contributed by atoms with Gasteiger partial charge in [-0.1, -0.05) is 60.7 Å². The van der Waals surface area contributed by atoms with Crippen LogP contribution in [-0.4, -0.2) is 9.97 Å². The molecule has 0 N–H and O–H groups in total. The van der Waals surface area contributed by atoms with Crippen LogP contribution in [0.5, 0.6) is 5.75 Å². The average molecular weight is 312 g/mol. The van der Waals surface area contributed by atoms with Gasteiger partial charge in [-0.15, -0.1) is 0 Å². The van der Waals surface area contributed by atoms with Crippen LogP contribution >= 0.6 is 0 Å². The second-order valence-corrected chi connectivity index (χ2v) is 5.54. The fourth-order valence-electron chi connectivity index (χ4n) is 2.69. The summed E-state index contributed by atoms with van der Waals surface area (Å²) in [6.07, 6.45) is 1.60. The minimum absolute atomic E-state index is 0.545. The number of rotatable bonds is 4. The lowest BCUT2D eigenvalue weighted by molar-refractivity contribution is 0.306. The third-order valence-electron chi connectivity index (χ3n) is 3.90. The Morgan fingerprint density at radius 2 is 1.50 bits per heavy atom. The molecule has 0 amide bonds. The molecule has 0 saturated carbocycles. The van der Waals surface area contributed by atoms with Crippen LogP contribution in [0.2, 0.25) is 0 Å². The van der Waals surface area contributed by atoms with Crippen LogP contribution < -0.4 is 4.74 Å². The molecule has 1 aromatic heterocycles. The molecule has 3 nitrogen and oxygen atoms in total. The molecular formula is C21H16N2O. The van der Waals surface area contributed by atoms with Gasteiger partial charge < -0.3 is 4.74 Å². The number of hydrogen-bond donors (Lipinski definition) is 0. The van der Waals surface area contributed by atoms with Crippen molar-refractivity contribution in [3.05, 3.63) is 90.8 Å². The number of ether oxygens (including phenoxy) is 1. The van der Waals surface area contributed by atoms with Gasteiger partial charge in [0.2, 0.25) is 0 Å². The third-order valence-corrected chi connectivity index (χ3v) is 3.90. The van der Waals surface area contributed by atoms with Crippen molar-refractivity contribution in [2.45, 2.75) is 6.61 Å². The van der Waals surface area contributed by atoms with Gasteiger partial charge >= 0.3 is 0 Å². The smallest absolute Gasteiger partial charge is 0.122 e. The van der Waals surface area contributed by atoms with Crippen molar-refractivity contribution < 1.29 is 4.74 Å². The molecule has 0 atom stereocenters. The Morgan fingerprint density at radius 1 is 0.750 bits per heavy atom. The van der Waals surface area contributed by atoms with Gasteiger partial charge in [0.05, 0.1) is 11.2 Å². The van der Waals surface area contributed by atoms with E-state index in [1.807, 2.05) is 54.6 Å². The SMILES string of the molecule is c1ccc(COc2ccc3c(-c4ccccc4)ncnc3c2)cc1. The lowest BCUT2D eigenvalue weighted by Gasteiger charge is -2.09. The van der Waals surface area contributed by atoms with E-state index in [1.54, 1.807) is 6.33 Å². The summed E-state index contributed by atoms with van der Waals surface area (Å²) in [5.41, 5.74) is 4.05. The first kappa shape index (κ1) is 14.4. The van der Waals surface area contributed by atoms with E-state index in [9.17, 15) is 0 Å². The average Bonchev–Trinajstić information content (AvgIpc) is 2.67. The monoisotopic (exact) mass is 312 g/mol. The highest BCUT2D eigenvalue weighted by Gasteiger charge is 2.07. The number of aromatic nitrogens is 2. The molecule has 24 heavy (non-hydrogen) atoms. The Bertz CT molecular complexity index is 953. The van der Waals surface area contributed by atoms with E-state index in [2.05, 4.69) is 34.2 Å². The number of fused-ring (bicyclic) bond motifs is 1. The van der Waals surface area contributed by atoms with E-state index in [0.29, 0.717) is 6.61 Å². The van der Waals surface area contributed by atoms with Crippen LogP contribution in [0.1, 0.15) is 5.56 Å². The van der Waals surface area contributed by atoms with Gasteiger partial charge in [-0.05, 0) is 17.7 Å². The molecule has 116 valence electrons. The van der Waals surface area contributed by atoms with E-state index >= 15 is 0 Å². The maximum absolute atomic E-state index is 5.89. The number of hydrogen-bond acceptors (Lipinski definition) is 3. The molecule has 0 aliphatic rings. The van der Waals surface area contributed by atoms with Gasteiger partial charge in [0.25, 0.3) is 0 Å². The van der Waals surface area contributed by atoms with Crippen LogP contribution in [0.3, 0.4) is 0 Å². The van der Waals surface area contributed by atoms with E-state index < -0.39 is 0 Å². The normalized spacial score (nSPS) is 10.7. The Balaban J connectivity index is 1.65. The van der Waals surface area contributed by atoms with E-state index in [-0.39, 0.29) is 0 Å². The number of nitrogens with zero attached hydrogens (tertiary/aromatic N) is 2. The topological polar surface area (TPSA) is 35.0 Å². The molecule has 0 bridgehead atoms. The second kappa shape index (κ2) is 6.50. The lowest BCUT2D eigenvalue weighted by Crippen LogP contribution is -1.96. The summed E-state index contributed by atoms with van der Waals surface area (Å²) in [5, 5.41) is 1.02. The van der Waals surface area contributed by atoms with Crippen molar-refractivity contribution in [2.24, 2.45) is 0 Å². The summed E-state index contributed by atoms with van der Waals surface area (Å²) >= 11 is 0. The van der Waals surface area contributed by atoms with Crippen molar-refractivity contribution in [1.29, 1.82) is 0 Å². The van der Waals surface area contributed by atoms with Crippen molar-refractivity contribution in [1.82, 2.24) is 9.97 Å². The number of benzene rings is 3. The predicted molar refractivity (Wildman–Crippen MR) is 95.7 cm³/mol. The predicted octanol–water partition coefficient (Wildman–Crippen LogP) is 4.88. The third kappa shape index (κ3) is 2.97. The Kier molecular flexibility index (Phi) is 3.90. The summed E-state index contributed by atoms with van der Waals surface area (Å²) in [5.74, 6) is 0.809. The van der Waals surface area contributed by atoms with Gasteiger partial charge in [0, 0.05) is 17.0 Å². The van der Waals surface area contributed by atoms with Crippen LogP contribution in [-0.2, 0) is 6.61 Å². The summed E-state index contributed by atoms with van der Waals surface area (Å²) in [6.45, 7) is 0.545. The molecule has 0 spiro atoms. The van der Waals surface area contributed by atoms with E-state index in [1.165, 1.54) is 0 Å². The second-order valence-electron chi connectivity index (χ2n) is 5.54. The zero-order chi connectivity index (χ0) is 16.2. The van der Waals surface area contributed by atoms with Crippen LogP contribution in [0.15, 0.2) is 85.2 Å². The van der Waals surface area contributed by atoms with Gasteiger partial charge in [0.15, 0.2) is 0 Å². The molecule has 0 radical (unpaired) electrons. The maximum Gasteiger partial charge on any atom is 0.122 e. The molecule has 0 unspecified atom stereocenters. The molecule has 3 heteroatoms. The quantitative estimate of drug-likeness (QED) is 0.539. The minimum Gasteiger partial charge on any atom is -0.489 e. The van der Waals surface area contributed by atoms with E-state index in [0.717, 1.165) is 33.5 Å². The molecule has 3 aromatic carbocycles.